The lowest BCUT2D eigenvalue weighted by Gasteiger charge is -2.47. The topological polar surface area (TPSA) is 68.3 Å². The molecule has 0 aliphatic carbocycles. The minimum absolute atomic E-state index is 0.00461. The molecule has 1 fully saturated rings. The highest BCUT2D eigenvalue weighted by Crippen LogP contribution is 2.38. The number of piperidine rings is 1. The molecule has 2 rings (SSSR count). The highest BCUT2D eigenvalue weighted by molar-refractivity contribution is 6.74. The summed E-state index contributed by atoms with van der Waals surface area (Å²) >= 11 is 0. The monoisotopic (exact) mass is 560 g/mol. The van der Waals surface area contributed by atoms with Crippen LogP contribution in [0.1, 0.15) is 59.9 Å². The van der Waals surface area contributed by atoms with Gasteiger partial charge in [-0.3, -0.25) is 4.79 Å². The Morgan fingerprint density at radius 2 is 1.63 bits per heavy atom. The van der Waals surface area contributed by atoms with Gasteiger partial charge < -0.3 is 23.7 Å². The van der Waals surface area contributed by atoms with Crippen molar-refractivity contribution >= 4 is 20.3 Å². The van der Waals surface area contributed by atoms with E-state index in [2.05, 4.69) is 20.8 Å². The smallest absolute Gasteiger partial charge is 0.471 e. The van der Waals surface area contributed by atoms with Gasteiger partial charge in [-0.1, -0.05) is 32.9 Å². The van der Waals surface area contributed by atoms with E-state index in [4.69, 9.17) is 13.9 Å². The number of carbonyl (C=O) groups excluding carboxylic acids is 2. The van der Waals surface area contributed by atoms with Crippen LogP contribution >= 0.6 is 0 Å². The summed E-state index contributed by atoms with van der Waals surface area (Å²) < 4.78 is 58.8. The second-order valence-electron chi connectivity index (χ2n) is 12.3. The van der Waals surface area contributed by atoms with Crippen LogP contribution in [-0.4, -0.2) is 74.2 Å². The highest BCUT2D eigenvalue weighted by Gasteiger charge is 2.49. The number of hydrogen-bond donors (Lipinski definition) is 0. The lowest BCUT2D eigenvalue weighted by molar-refractivity contribution is -0.191. The minimum Gasteiger partial charge on any atom is -0.497 e. The Labute approximate surface area is 225 Å². The fourth-order valence-corrected chi connectivity index (χ4v) is 5.11. The van der Waals surface area contributed by atoms with Crippen molar-refractivity contribution < 1.29 is 36.7 Å². The van der Waals surface area contributed by atoms with Gasteiger partial charge in [-0.25, -0.2) is 4.79 Å². The molecule has 1 aliphatic rings. The van der Waals surface area contributed by atoms with Gasteiger partial charge in [0.15, 0.2) is 8.32 Å². The maximum Gasteiger partial charge on any atom is 0.471 e. The molecule has 1 aromatic rings. The van der Waals surface area contributed by atoms with E-state index >= 15 is 0 Å². The van der Waals surface area contributed by atoms with Crippen LogP contribution in [0.25, 0.3) is 0 Å². The predicted molar refractivity (Wildman–Crippen MR) is 142 cm³/mol. The molecule has 2 atom stereocenters. The Morgan fingerprint density at radius 1 is 1.05 bits per heavy atom. The van der Waals surface area contributed by atoms with Gasteiger partial charge in [-0.2, -0.15) is 13.2 Å². The summed E-state index contributed by atoms with van der Waals surface area (Å²) in [5, 5.41) is -0.154. The molecule has 0 radical (unpaired) electrons. The molecule has 0 N–H and O–H groups in total. The van der Waals surface area contributed by atoms with E-state index in [0.29, 0.717) is 30.7 Å². The van der Waals surface area contributed by atoms with E-state index in [1.165, 1.54) is 12.0 Å². The van der Waals surface area contributed by atoms with Crippen LogP contribution in [0.5, 0.6) is 5.75 Å². The van der Waals surface area contributed by atoms with Gasteiger partial charge >= 0.3 is 18.2 Å². The van der Waals surface area contributed by atoms with Crippen molar-refractivity contribution in [2.75, 3.05) is 20.3 Å². The summed E-state index contributed by atoms with van der Waals surface area (Å²) in [6.07, 6.45) is -4.99. The van der Waals surface area contributed by atoms with E-state index in [9.17, 15) is 22.8 Å². The predicted octanol–water partition coefficient (Wildman–Crippen LogP) is 6.38. The fourth-order valence-electron chi connectivity index (χ4n) is 4.09. The van der Waals surface area contributed by atoms with E-state index in [-0.39, 0.29) is 18.2 Å². The summed E-state index contributed by atoms with van der Waals surface area (Å²) in [5.41, 5.74) is -0.277. The van der Waals surface area contributed by atoms with E-state index in [1.54, 1.807) is 45.0 Å². The normalized spacial score (nSPS) is 19.2. The van der Waals surface area contributed by atoms with Gasteiger partial charge in [-0.05, 0) is 69.4 Å². The SMILES string of the molecule is COc1ccc(CN(C(=O)C(F)(F)F)C2CCCN(C(=O)OC(C)(C)C)C2CO[Si](C)(C)C(C)(C)C)cc1. The number of hydrogen-bond acceptors (Lipinski definition) is 5. The van der Waals surface area contributed by atoms with Crippen molar-refractivity contribution in [3.05, 3.63) is 29.8 Å². The van der Waals surface area contributed by atoms with Crippen molar-refractivity contribution in [1.29, 1.82) is 0 Å². The van der Waals surface area contributed by atoms with Crippen LogP contribution in [0, 0.1) is 0 Å². The van der Waals surface area contributed by atoms with Crippen molar-refractivity contribution in [1.82, 2.24) is 9.80 Å². The average molecular weight is 561 g/mol. The summed E-state index contributed by atoms with van der Waals surface area (Å²) in [5.74, 6) is -1.39. The molecule has 2 amide bonds. The summed E-state index contributed by atoms with van der Waals surface area (Å²) in [7, 11) is -0.836. The Kier molecular flexibility index (Phi) is 9.96. The third-order valence-corrected chi connectivity index (χ3v) is 11.7. The molecule has 0 aromatic heterocycles. The Morgan fingerprint density at radius 3 is 2.11 bits per heavy atom. The van der Waals surface area contributed by atoms with Crippen LogP contribution in [0.4, 0.5) is 18.0 Å². The number of rotatable bonds is 7. The van der Waals surface area contributed by atoms with Gasteiger partial charge in [0.05, 0.1) is 25.8 Å². The van der Waals surface area contributed by atoms with Gasteiger partial charge in [0.1, 0.15) is 11.4 Å². The molecule has 1 saturated heterocycles. The van der Waals surface area contributed by atoms with E-state index < -0.39 is 44.2 Å². The molecule has 1 aromatic carbocycles. The average Bonchev–Trinajstić information content (AvgIpc) is 2.78. The summed E-state index contributed by atoms with van der Waals surface area (Å²) in [6, 6.07) is 4.81. The molecular weight excluding hydrogens is 517 g/mol. The number of ether oxygens (including phenoxy) is 2. The highest BCUT2D eigenvalue weighted by atomic mass is 28.4. The maximum atomic E-state index is 13.9. The largest absolute Gasteiger partial charge is 0.497 e. The molecule has 11 heteroatoms. The molecule has 2 unspecified atom stereocenters. The first-order valence-corrected chi connectivity index (χ1v) is 15.8. The summed E-state index contributed by atoms with van der Waals surface area (Å²) in [4.78, 5) is 28.3. The second kappa shape index (κ2) is 11.9. The molecule has 7 nitrogen and oxygen atoms in total. The maximum absolute atomic E-state index is 13.9. The molecule has 216 valence electrons. The zero-order valence-corrected chi connectivity index (χ0v) is 25.1. The first kappa shape index (κ1) is 31.9. The fraction of sp³-hybridized carbons (Fsp3) is 0.704. The van der Waals surface area contributed by atoms with Crippen LogP contribution in [0.3, 0.4) is 0 Å². The minimum atomic E-state index is -5.08. The number of halogens is 3. The lowest BCUT2D eigenvalue weighted by atomic mass is 9.94. The van der Waals surface area contributed by atoms with Crippen LogP contribution in [-0.2, 0) is 20.5 Å². The first-order chi connectivity index (χ1) is 17.3. The van der Waals surface area contributed by atoms with Crippen molar-refractivity contribution in [3.8, 4) is 5.75 Å². The molecule has 1 heterocycles. The van der Waals surface area contributed by atoms with Crippen molar-refractivity contribution in [3.63, 3.8) is 0 Å². The van der Waals surface area contributed by atoms with Gasteiger partial charge in [-0.15, -0.1) is 0 Å². The Bertz CT molecular complexity index is 955. The van der Waals surface area contributed by atoms with Gasteiger partial charge in [0.25, 0.3) is 0 Å². The van der Waals surface area contributed by atoms with E-state index in [1.807, 2.05) is 13.1 Å². The number of methoxy groups -OCH3 is 1. The number of likely N-dealkylation sites (tertiary alicyclic amines) is 1. The zero-order chi connectivity index (χ0) is 29.1. The molecule has 0 saturated carbocycles. The van der Waals surface area contributed by atoms with Crippen LogP contribution in [0.15, 0.2) is 24.3 Å². The molecular formula is C27H43F3N2O5Si. The lowest BCUT2D eigenvalue weighted by Crippen LogP contribution is -2.62. The second-order valence-corrected chi connectivity index (χ2v) is 17.1. The first-order valence-electron chi connectivity index (χ1n) is 12.9. The molecule has 0 spiro atoms. The molecule has 38 heavy (non-hydrogen) atoms. The van der Waals surface area contributed by atoms with Crippen LogP contribution in [0.2, 0.25) is 18.1 Å². The Balaban J connectivity index is 2.51. The standard InChI is InChI=1S/C27H43F3N2O5Si/c1-25(2,3)37-24(34)31-16-10-11-21(22(31)18-36-38(8,9)26(4,5)6)32(23(33)27(28,29)30)17-19-12-14-20(35-7)15-13-19/h12-15,21-22H,10-11,16-18H2,1-9H3. The number of benzene rings is 1. The number of nitrogens with zero attached hydrogens (tertiary/aromatic N) is 2. The quantitative estimate of drug-likeness (QED) is 0.362. The third kappa shape index (κ3) is 8.36. The van der Waals surface area contributed by atoms with E-state index in [0.717, 1.165) is 4.90 Å². The van der Waals surface area contributed by atoms with Crippen LogP contribution < -0.4 is 4.74 Å². The molecule has 1 aliphatic heterocycles. The number of amides is 2. The van der Waals surface area contributed by atoms with Crippen molar-refractivity contribution in [2.24, 2.45) is 0 Å². The third-order valence-electron chi connectivity index (χ3n) is 7.21. The zero-order valence-electron chi connectivity index (χ0n) is 24.1. The summed E-state index contributed by atoms with van der Waals surface area (Å²) in [6.45, 7) is 15.5. The molecule has 0 bridgehead atoms. The van der Waals surface area contributed by atoms with Gasteiger partial charge in [0.2, 0.25) is 0 Å². The van der Waals surface area contributed by atoms with Gasteiger partial charge in [0, 0.05) is 13.1 Å². The van der Waals surface area contributed by atoms with Crippen molar-refractivity contribution in [2.45, 2.75) is 103 Å². The number of carbonyl (C=O) groups is 2. The Hall–Kier alpha value is -2.27. The number of alkyl halides is 3.